The summed E-state index contributed by atoms with van der Waals surface area (Å²) in [5.74, 6) is -0.134. The van der Waals surface area contributed by atoms with Crippen molar-refractivity contribution in [2.75, 3.05) is 23.4 Å². The molecule has 1 aromatic carbocycles. The number of hydrogen-bond donors (Lipinski definition) is 2. The normalized spacial score (nSPS) is 12.0. The van der Waals surface area contributed by atoms with E-state index in [1.165, 1.54) is 11.3 Å². The van der Waals surface area contributed by atoms with Crippen LogP contribution < -0.4 is 10.2 Å². The third kappa shape index (κ3) is 4.29. The summed E-state index contributed by atoms with van der Waals surface area (Å²) in [6.45, 7) is 4.08. The fraction of sp³-hybridized carbons (Fsp3) is 0.375. The summed E-state index contributed by atoms with van der Waals surface area (Å²) in [4.78, 5) is 18.4. The molecule has 1 aromatic heterocycles. The highest BCUT2D eigenvalue weighted by Gasteiger charge is 2.20. The van der Waals surface area contributed by atoms with Gasteiger partial charge in [-0.2, -0.15) is 0 Å². The second-order valence-corrected chi connectivity index (χ2v) is 5.91. The van der Waals surface area contributed by atoms with E-state index in [0.717, 1.165) is 17.8 Å². The molecule has 1 amide bonds. The Morgan fingerprint density at radius 3 is 2.68 bits per heavy atom. The van der Waals surface area contributed by atoms with E-state index in [0.29, 0.717) is 5.13 Å². The fourth-order valence-corrected chi connectivity index (χ4v) is 2.93. The maximum absolute atomic E-state index is 12.3. The van der Waals surface area contributed by atoms with Crippen molar-refractivity contribution in [2.24, 2.45) is 0 Å². The molecule has 0 aliphatic heterocycles. The number of carbonyl (C=O) groups excluding carboxylic acids is 1. The van der Waals surface area contributed by atoms with Gasteiger partial charge in [0.2, 0.25) is 5.91 Å². The van der Waals surface area contributed by atoms with Crippen LogP contribution in [-0.2, 0) is 4.79 Å². The summed E-state index contributed by atoms with van der Waals surface area (Å²) in [5.41, 5.74) is 1.82. The van der Waals surface area contributed by atoms with E-state index in [1.807, 2.05) is 54.5 Å². The number of aliphatic hydroxyl groups is 1. The number of para-hydroxylation sites is 1. The number of amides is 1. The van der Waals surface area contributed by atoms with Gasteiger partial charge in [-0.1, -0.05) is 25.1 Å². The molecule has 0 saturated carbocycles. The minimum atomic E-state index is -0.134. The maximum atomic E-state index is 12.3. The molecule has 2 rings (SSSR count). The molecule has 0 spiro atoms. The minimum Gasteiger partial charge on any atom is -0.394 e. The Hall–Kier alpha value is -1.92. The van der Waals surface area contributed by atoms with Gasteiger partial charge in [0.15, 0.2) is 5.13 Å². The molecule has 0 aliphatic rings. The molecule has 0 fully saturated rings. The lowest BCUT2D eigenvalue weighted by Gasteiger charge is -2.31. The second-order valence-electron chi connectivity index (χ2n) is 5.05. The average Bonchev–Trinajstić information content (AvgIpc) is 2.93. The first kappa shape index (κ1) is 16.5. The highest BCUT2D eigenvalue weighted by molar-refractivity contribution is 7.13. The van der Waals surface area contributed by atoms with Crippen LogP contribution in [0.1, 0.15) is 19.0 Å². The zero-order chi connectivity index (χ0) is 15.9. The first-order valence-corrected chi connectivity index (χ1v) is 8.16. The number of carbonyl (C=O) groups is 1. The number of nitrogens with one attached hydrogen (secondary N) is 1. The maximum Gasteiger partial charge on any atom is 0.245 e. The summed E-state index contributed by atoms with van der Waals surface area (Å²) in [5, 5.41) is 14.9. The lowest BCUT2D eigenvalue weighted by Crippen LogP contribution is -2.42. The van der Waals surface area contributed by atoms with Gasteiger partial charge in [-0.05, 0) is 25.5 Å². The van der Waals surface area contributed by atoms with E-state index >= 15 is 0 Å². The summed E-state index contributed by atoms with van der Waals surface area (Å²) in [7, 11) is 0. The van der Waals surface area contributed by atoms with E-state index in [1.54, 1.807) is 0 Å². The van der Waals surface area contributed by atoms with Gasteiger partial charge < -0.3 is 15.3 Å². The quantitative estimate of drug-likeness (QED) is 0.823. The van der Waals surface area contributed by atoms with Crippen LogP contribution in [-0.4, -0.2) is 35.2 Å². The van der Waals surface area contributed by atoms with Gasteiger partial charge in [-0.15, -0.1) is 11.3 Å². The first-order chi connectivity index (χ1) is 10.6. The number of nitrogens with zero attached hydrogens (tertiary/aromatic N) is 2. The van der Waals surface area contributed by atoms with Crippen molar-refractivity contribution in [3.63, 3.8) is 0 Å². The molecule has 0 bridgehead atoms. The third-order valence-electron chi connectivity index (χ3n) is 3.39. The number of hydrogen-bond acceptors (Lipinski definition) is 5. The second kappa shape index (κ2) is 7.91. The molecule has 1 atom stereocenters. The van der Waals surface area contributed by atoms with Crippen molar-refractivity contribution in [3.05, 3.63) is 41.4 Å². The van der Waals surface area contributed by atoms with Crippen LogP contribution in [0.15, 0.2) is 35.7 Å². The van der Waals surface area contributed by atoms with Crippen LogP contribution in [0.5, 0.6) is 0 Å². The first-order valence-electron chi connectivity index (χ1n) is 7.28. The van der Waals surface area contributed by atoms with Crippen LogP contribution in [0.2, 0.25) is 0 Å². The number of thiazole rings is 1. The van der Waals surface area contributed by atoms with Crippen molar-refractivity contribution < 1.29 is 9.90 Å². The molecule has 1 unspecified atom stereocenters. The molecule has 1 heterocycles. The van der Waals surface area contributed by atoms with Crippen molar-refractivity contribution in [2.45, 2.75) is 26.3 Å². The Morgan fingerprint density at radius 2 is 2.14 bits per heavy atom. The molecular formula is C16H21N3O2S. The van der Waals surface area contributed by atoms with Crippen molar-refractivity contribution in [3.8, 4) is 0 Å². The number of benzene rings is 1. The van der Waals surface area contributed by atoms with Crippen LogP contribution in [0, 0.1) is 6.92 Å². The predicted molar refractivity (Wildman–Crippen MR) is 90.4 cm³/mol. The van der Waals surface area contributed by atoms with Gasteiger partial charge in [0.25, 0.3) is 0 Å². The topological polar surface area (TPSA) is 65.5 Å². The van der Waals surface area contributed by atoms with Gasteiger partial charge in [0.1, 0.15) is 0 Å². The van der Waals surface area contributed by atoms with E-state index < -0.39 is 0 Å². The molecule has 6 heteroatoms. The van der Waals surface area contributed by atoms with Gasteiger partial charge in [-0.25, -0.2) is 4.98 Å². The Kier molecular flexibility index (Phi) is 5.91. The summed E-state index contributed by atoms with van der Waals surface area (Å²) >= 11 is 1.41. The highest BCUT2D eigenvalue weighted by atomic mass is 32.1. The predicted octanol–water partition coefficient (Wildman–Crippen LogP) is 2.67. The summed E-state index contributed by atoms with van der Waals surface area (Å²) in [6, 6.07) is 9.58. The smallest absolute Gasteiger partial charge is 0.245 e. The lowest BCUT2D eigenvalue weighted by atomic mass is 10.1. The van der Waals surface area contributed by atoms with Gasteiger partial charge in [0, 0.05) is 11.1 Å². The van der Waals surface area contributed by atoms with E-state index in [9.17, 15) is 9.90 Å². The SMILES string of the molecule is CCC(CO)N(CC(=O)Nc1nc(C)cs1)c1ccccc1. The zero-order valence-corrected chi connectivity index (χ0v) is 13.6. The largest absolute Gasteiger partial charge is 0.394 e. The molecule has 2 aromatic rings. The zero-order valence-electron chi connectivity index (χ0n) is 12.8. The average molecular weight is 319 g/mol. The number of aliphatic hydroxyl groups excluding tert-OH is 1. The summed E-state index contributed by atoms with van der Waals surface area (Å²) < 4.78 is 0. The Balaban J connectivity index is 2.10. The van der Waals surface area contributed by atoms with Crippen LogP contribution in [0.25, 0.3) is 0 Å². The number of aromatic nitrogens is 1. The Morgan fingerprint density at radius 1 is 1.41 bits per heavy atom. The van der Waals surface area contributed by atoms with Gasteiger partial charge >= 0.3 is 0 Å². The molecule has 0 radical (unpaired) electrons. The van der Waals surface area contributed by atoms with Crippen LogP contribution in [0.4, 0.5) is 10.8 Å². The van der Waals surface area contributed by atoms with Gasteiger partial charge in [0.05, 0.1) is 24.9 Å². The van der Waals surface area contributed by atoms with E-state index in [-0.39, 0.29) is 25.1 Å². The molecule has 0 saturated heterocycles. The molecular weight excluding hydrogens is 298 g/mol. The van der Waals surface area contributed by atoms with Crippen molar-refractivity contribution in [1.29, 1.82) is 0 Å². The van der Waals surface area contributed by atoms with Crippen molar-refractivity contribution in [1.82, 2.24) is 4.98 Å². The molecule has 2 N–H and O–H groups in total. The molecule has 22 heavy (non-hydrogen) atoms. The lowest BCUT2D eigenvalue weighted by molar-refractivity contribution is -0.115. The highest BCUT2D eigenvalue weighted by Crippen LogP contribution is 2.19. The standard InChI is InChI=1S/C16H21N3O2S/c1-3-13(10-20)19(14-7-5-4-6-8-14)9-15(21)18-16-17-12(2)11-22-16/h4-8,11,13,20H,3,9-10H2,1-2H3,(H,17,18,21). The number of rotatable bonds is 7. The van der Waals surface area contributed by atoms with Gasteiger partial charge in [-0.3, -0.25) is 4.79 Å². The Labute approximate surface area is 134 Å². The third-order valence-corrected chi connectivity index (χ3v) is 4.27. The van der Waals surface area contributed by atoms with Crippen molar-refractivity contribution >= 4 is 28.1 Å². The monoisotopic (exact) mass is 319 g/mol. The fourth-order valence-electron chi connectivity index (χ4n) is 2.22. The van der Waals surface area contributed by atoms with E-state index in [4.69, 9.17) is 0 Å². The van der Waals surface area contributed by atoms with Crippen LogP contribution >= 0.6 is 11.3 Å². The number of anilines is 2. The Bertz CT molecular complexity index is 596. The summed E-state index contributed by atoms with van der Waals surface area (Å²) in [6.07, 6.45) is 0.759. The van der Waals surface area contributed by atoms with Crippen LogP contribution in [0.3, 0.4) is 0 Å². The minimum absolute atomic E-state index is 0.00896. The van der Waals surface area contributed by atoms with E-state index in [2.05, 4.69) is 10.3 Å². The number of aryl methyl sites for hydroxylation is 1. The molecule has 5 nitrogen and oxygen atoms in total. The molecule has 118 valence electrons. The molecule has 0 aliphatic carbocycles.